The average molecular weight is 293 g/mol. The number of hydrogen-bond donors (Lipinski definition) is 1. The van der Waals surface area contributed by atoms with E-state index < -0.39 is 0 Å². The molecule has 0 heterocycles. The largest absolute Gasteiger partial charge is 0.380 e. The van der Waals surface area contributed by atoms with Crippen LogP contribution in [0.1, 0.15) is 41.6 Å². The third-order valence-corrected chi connectivity index (χ3v) is 4.95. The van der Waals surface area contributed by atoms with Crippen molar-refractivity contribution in [2.24, 2.45) is 0 Å². The molecule has 20 heavy (non-hydrogen) atoms. The van der Waals surface area contributed by atoms with Crippen molar-refractivity contribution in [3.05, 3.63) is 35.4 Å². The lowest BCUT2D eigenvalue weighted by Crippen LogP contribution is -2.39. The van der Waals surface area contributed by atoms with E-state index in [0.717, 1.165) is 24.0 Å². The van der Waals surface area contributed by atoms with Crippen molar-refractivity contribution < 1.29 is 9.53 Å². The first kappa shape index (κ1) is 15.4. The van der Waals surface area contributed by atoms with E-state index >= 15 is 0 Å². The summed E-state index contributed by atoms with van der Waals surface area (Å²) in [5, 5.41) is 3.87. The summed E-state index contributed by atoms with van der Waals surface area (Å²) in [6.45, 7) is 0.474. The van der Waals surface area contributed by atoms with Crippen molar-refractivity contribution in [3.8, 4) is 0 Å². The third-order valence-electron chi connectivity index (χ3n) is 3.86. The van der Waals surface area contributed by atoms with Crippen LogP contribution < -0.4 is 5.32 Å². The smallest absolute Gasteiger partial charge is 0.251 e. The Labute approximate surface area is 125 Å². The van der Waals surface area contributed by atoms with Crippen molar-refractivity contribution >= 4 is 17.7 Å². The van der Waals surface area contributed by atoms with Crippen LogP contribution >= 0.6 is 11.8 Å². The Bertz CT molecular complexity index is 450. The van der Waals surface area contributed by atoms with Gasteiger partial charge in [0.05, 0.1) is 6.61 Å². The van der Waals surface area contributed by atoms with Crippen LogP contribution in [-0.4, -0.2) is 30.6 Å². The maximum absolute atomic E-state index is 12.4. The van der Waals surface area contributed by atoms with E-state index in [4.69, 9.17) is 4.74 Å². The molecule has 1 saturated carbocycles. The highest BCUT2D eigenvalue weighted by Crippen LogP contribution is 2.27. The van der Waals surface area contributed by atoms with Gasteiger partial charge in [-0.25, -0.2) is 0 Å². The molecule has 1 fully saturated rings. The summed E-state index contributed by atoms with van der Waals surface area (Å²) in [6.07, 6.45) is 6.81. The fourth-order valence-electron chi connectivity index (χ4n) is 2.78. The minimum atomic E-state index is 0.0319. The number of ether oxygens (including phenoxy) is 1. The standard InChI is InChI=1S/C16H23NO2S/c1-19-11-12-6-3-4-9-15(12)16(18)17-13-7-5-8-14(10-13)20-2/h3-4,6,9,13-14H,5,7-8,10-11H2,1-2H3,(H,17,18). The van der Waals surface area contributed by atoms with E-state index in [1.807, 2.05) is 36.0 Å². The molecule has 0 bridgehead atoms. The van der Waals surface area contributed by atoms with Crippen LogP contribution in [0.5, 0.6) is 0 Å². The summed E-state index contributed by atoms with van der Waals surface area (Å²) in [7, 11) is 1.65. The van der Waals surface area contributed by atoms with Crippen LogP contribution in [-0.2, 0) is 11.3 Å². The van der Waals surface area contributed by atoms with E-state index in [1.54, 1.807) is 7.11 Å². The van der Waals surface area contributed by atoms with Crippen molar-refractivity contribution in [3.63, 3.8) is 0 Å². The van der Waals surface area contributed by atoms with Crippen molar-refractivity contribution in [2.75, 3.05) is 13.4 Å². The Morgan fingerprint density at radius 2 is 2.20 bits per heavy atom. The molecule has 1 aliphatic carbocycles. The number of carbonyl (C=O) groups excluding carboxylic acids is 1. The second-order valence-corrected chi connectivity index (χ2v) is 6.42. The molecular formula is C16H23NO2S. The number of rotatable bonds is 5. The monoisotopic (exact) mass is 293 g/mol. The molecule has 2 atom stereocenters. The molecular weight excluding hydrogens is 270 g/mol. The van der Waals surface area contributed by atoms with Crippen molar-refractivity contribution in [1.82, 2.24) is 5.32 Å². The molecule has 1 aromatic carbocycles. The second-order valence-electron chi connectivity index (χ2n) is 5.28. The van der Waals surface area contributed by atoms with Gasteiger partial charge in [-0.2, -0.15) is 11.8 Å². The van der Waals surface area contributed by atoms with E-state index in [-0.39, 0.29) is 5.91 Å². The lowest BCUT2D eigenvalue weighted by atomic mass is 9.94. The van der Waals surface area contributed by atoms with Gasteiger partial charge in [0.1, 0.15) is 0 Å². The third kappa shape index (κ3) is 4.00. The van der Waals surface area contributed by atoms with Gasteiger partial charge in [0.25, 0.3) is 5.91 Å². The van der Waals surface area contributed by atoms with Gasteiger partial charge in [0.2, 0.25) is 0 Å². The van der Waals surface area contributed by atoms with Gasteiger partial charge in [0.15, 0.2) is 0 Å². The van der Waals surface area contributed by atoms with Gasteiger partial charge in [-0.15, -0.1) is 0 Å². The van der Waals surface area contributed by atoms with E-state index in [1.165, 1.54) is 12.8 Å². The zero-order chi connectivity index (χ0) is 14.4. The summed E-state index contributed by atoms with van der Waals surface area (Å²) < 4.78 is 5.16. The minimum Gasteiger partial charge on any atom is -0.380 e. The number of amides is 1. The molecule has 110 valence electrons. The molecule has 2 rings (SSSR count). The topological polar surface area (TPSA) is 38.3 Å². The van der Waals surface area contributed by atoms with Gasteiger partial charge in [-0.3, -0.25) is 4.79 Å². The predicted octanol–water partition coefficient (Wildman–Crippen LogP) is 3.24. The molecule has 1 aromatic rings. The molecule has 1 amide bonds. The highest BCUT2D eigenvalue weighted by Gasteiger charge is 2.23. The highest BCUT2D eigenvalue weighted by molar-refractivity contribution is 7.99. The number of methoxy groups -OCH3 is 1. The summed E-state index contributed by atoms with van der Waals surface area (Å²) in [5.74, 6) is 0.0319. The van der Waals surface area contributed by atoms with Crippen LogP contribution in [0.25, 0.3) is 0 Å². The van der Waals surface area contributed by atoms with E-state index in [0.29, 0.717) is 17.9 Å². The first-order valence-electron chi connectivity index (χ1n) is 7.15. The Hall–Kier alpha value is -1.00. The van der Waals surface area contributed by atoms with Gasteiger partial charge >= 0.3 is 0 Å². The van der Waals surface area contributed by atoms with Gasteiger partial charge in [-0.05, 0) is 37.1 Å². The molecule has 0 saturated heterocycles. The minimum absolute atomic E-state index is 0.0319. The summed E-state index contributed by atoms with van der Waals surface area (Å²) in [4.78, 5) is 12.4. The van der Waals surface area contributed by atoms with Crippen LogP contribution in [0, 0.1) is 0 Å². The van der Waals surface area contributed by atoms with Crippen LogP contribution in [0.3, 0.4) is 0 Å². The Kier molecular flexibility index (Phi) is 5.92. The lowest BCUT2D eigenvalue weighted by molar-refractivity contribution is 0.0923. The number of benzene rings is 1. The molecule has 1 aliphatic rings. The lowest BCUT2D eigenvalue weighted by Gasteiger charge is -2.28. The maximum Gasteiger partial charge on any atom is 0.251 e. The number of thioether (sulfide) groups is 1. The zero-order valence-corrected chi connectivity index (χ0v) is 13.0. The zero-order valence-electron chi connectivity index (χ0n) is 12.2. The predicted molar refractivity (Wildman–Crippen MR) is 84.2 cm³/mol. The number of nitrogens with one attached hydrogen (secondary N) is 1. The van der Waals surface area contributed by atoms with Crippen LogP contribution in [0.2, 0.25) is 0 Å². The second kappa shape index (κ2) is 7.70. The highest BCUT2D eigenvalue weighted by atomic mass is 32.2. The molecule has 4 heteroatoms. The molecule has 0 aromatic heterocycles. The molecule has 2 unspecified atom stereocenters. The Balaban J connectivity index is 2.01. The van der Waals surface area contributed by atoms with Gasteiger partial charge < -0.3 is 10.1 Å². The quantitative estimate of drug-likeness (QED) is 0.905. The van der Waals surface area contributed by atoms with Crippen molar-refractivity contribution in [2.45, 2.75) is 43.6 Å². The molecule has 0 spiro atoms. The maximum atomic E-state index is 12.4. The molecule has 0 radical (unpaired) electrons. The number of hydrogen-bond acceptors (Lipinski definition) is 3. The first-order chi connectivity index (χ1) is 9.74. The summed E-state index contributed by atoms with van der Waals surface area (Å²) >= 11 is 1.91. The fraction of sp³-hybridized carbons (Fsp3) is 0.562. The molecule has 0 aliphatic heterocycles. The molecule has 3 nitrogen and oxygen atoms in total. The summed E-state index contributed by atoms with van der Waals surface area (Å²) in [5.41, 5.74) is 1.69. The van der Waals surface area contributed by atoms with Crippen molar-refractivity contribution in [1.29, 1.82) is 0 Å². The van der Waals surface area contributed by atoms with Crippen LogP contribution in [0.4, 0.5) is 0 Å². The normalized spacial score (nSPS) is 22.5. The number of carbonyl (C=O) groups is 1. The van der Waals surface area contributed by atoms with Crippen LogP contribution in [0.15, 0.2) is 24.3 Å². The summed E-state index contributed by atoms with van der Waals surface area (Å²) in [6, 6.07) is 7.97. The fourth-order valence-corrected chi connectivity index (χ4v) is 3.60. The Morgan fingerprint density at radius 3 is 2.95 bits per heavy atom. The van der Waals surface area contributed by atoms with Gasteiger partial charge in [-0.1, -0.05) is 24.6 Å². The first-order valence-corrected chi connectivity index (χ1v) is 8.44. The van der Waals surface area contributed by atoms with E-state index in [9.17, 15) is 4.79 Å². The molecule has 1 N–H and O–H groups in total. The van der Waals surface area contributed by atoms with Gasteiger partial charge in [0, 0.05) is 24.0 Å². The average Bonchev–Trinajstić information content (AvgIpc) is 2.48. The SMILES string of the molecule is COCc1ccccc1C(=O)NC1CCCC(SC)C1. The Morgan fingerprint density at radius 1 is 1.40 bits per heavy atom. The van der Waals surface area contributed by atoms with E-state index in [2.05, 4.69) is 11.6 Å².